The number of fused-ring (bicyclic) bond motifs is 1. The number of aliphatic hydroxyl groups is 1. The Morgan fingerprint density at radius 1 is 1.32 bits per heavy atom. The van der Waals surface area contributed by atoms with Crippen LogP contribution in [0.3, 0.4) is 0 Å². The van der Waals surface area contributed by atoms with Crippen LogP contribution in [0.15, 0.2) is 4.99 Å². The molecule has 0 amide bonds. The van der Waals surface area contributed by atoms with Crippen LogP contribution in [0.5, 0.6) is 0 Å². The van der Waals surface area contributed by atoms with Crippen LogP contribution in [-0.4, -0.2) is 51.7 Å². The molecule has 2 aliphatic heterocycles. The molecule has 0 saturated carbocycles. The van der Waals surface area contributed by atoms with E-state index in [-0.39, 0.29) is 17.7 Å². The summed E-state index contributed by atoms with van der Waals surface area (Å²) in [5, 5.41) is 10.0. The first-order chi connectivity index (χ1) is 16.4. The molecule has 3 rings (SSSR count). The number of nitrogens with two attached hydrogens (primary N) is 1. The van der Waals surface area contributed by atoms with Gasteiger partial charge in [-0.2, -0.15) is 9.37 Å². The van der Waals surface area contributed by atoms with Crippen molar-refractivity contribution in [3.05, 3.63) is 11.8 Å². The molecule has 4 atom stereocenters. The van der Waals surface area contributed by atoms with Crippen molar-refractivity contribution in [3.63, 3.8) is 0 Å². The number of unbranched alkanes of at least 4 members (excludes halogenated alkanes) is 6. The van der Waals surface area contributed by atoms with Crippen molar-refractivity contribution < 1.29 is 23.8 Å². The van der Waals surface area contributed by atoms with Crippen LogP contribution in [0, 0.1) is 24.3 Å². The summed E-state index contributed by atoms with van der Waals surface area (Å²) in [6, 6.07) is 0. The molecule has 1 fully saturated rings. The molecule has 3 heterocycles. The number of carbonyl (C=O) groups is 1. The van der Waals surface area contributed by atoms with Gasteiger partial charge in [0, 0.05) is 25.0 Å². The van der Waals surface area contributed by atoms with Gasteiger partial charge in [-0.3, -0.25) is 9.79 Å². The minimum Gasteiger partial charge on any atom is -0.458 e. The number of esters is 1. The number of rotatable bonds is 11. The van der Waals surface area contributed by atoms with Crippen molar-refractivity contribution in [1.29, 1.82) is 0 Å². The van der Waals surface area contributed by atoms with Crippen LogP contribution in [-0.2, 0) is 20.7 Å². The lowest BCUT2D eigenvalue weighted by atomic mass is 9.92. The van der Waals surface area contributed by atoms with Gasteiger partial charge in [-0.1, -0.05) is 51.4 Å². The van der Waals surface area contributed by atoms with Gasteiger partial charge in [0.15, 0.2) is 11.4 Å². The molecule has 0 aromatic carbocycles. The molecule has 9 heteroatoms. The van der Waals surface area contributed by atoms with E-state index in [1.807, 2.05) is 0 Å². The molecule has 186 valence electrons. The number of aryl methyl sites for hydroxylation is 1. The molecule has 8 nitrogen and oxygen atoms in total. The number of aliphatic hydroxyl groups excluding tert-OH is 1. The monoisotopic (exact) mass is 474 g/mol. The Bertz CT molecular complexity index is 919. The van der Waals surface area contributed by atoms with E-state index in [1.165, 1.54) is 25.7 Å². The Labute approximate surface area is 200 Å². The fourth-order valence-electron chi connectivity index (χ4n) is 4.59. The highest BCUT2D eigenvalue weighted by molar-refractivity contribution is 5.73. The van der Waals surface area contributed by atoms with E-state index in [4.69, 9.17) is 21.6 Å². The average Bonchev–Trinajstić information content (AvgIpc) is 3.03. The predicted octanol–water partition coefficient (Wildman–Crippen LogP) is 3.67. The highest BCUT2D eigenvalue weighted by atomic mass is 19.1. The molecule has 3 N–H and O–H groups in total. The van der Waals surface area contributed by atoms with Gasteiger partial charge in [-0.15, -0.1) is 6.42 Å². The van der Waals surface area contributed by atoms with Gasteiger partial charge in [-0.25, -0.2) is 4.98 Å². The Kier molecular flexibility index (Phi) is 9.36. The second-order valence-electron chi connectivity index (χ2n) is 9.09. The van der Waals surface area contributed by atoms with E-state index in [1.54, 1.807) is 6.21 Å². The fourth-order valence-corrected chi connectivity index (χ4v) is 4.59. The Hall–Kier alpha value is -2.57. The minimum absolute atomic E-state index is 0.0164. The first-order valence-corrected chi connectivity index (χ1v) is 12.2. The summed E-state index contributed by atoms with van der Waals surface area (Å²) >= 11 is 0. The largest absolute Gasteiger partial charge is 0.458 e. The Morgan fingerprint density at radius 2 is 2.06 bits per heavy atom. The van der Waals surface area contributed by atoms with Crippen molar-refractivity contribution in [2.45, 2.75) is 95.4 Å². The van der Waals surface area contributed by atoms with Crippen molar-refractivity contribution >= 4 is 23.7 Å². The summed E-state index contributed by atoms with van der Waals surface area (Å²) in [4.78, 5) is 24.2. The van der Waals surface area contributed by atoms with Gasteiger partial charge in [0.05, 0.1) is 18.4 Å². The molecule has 2 aliphatic rings. The first-order valence-electron chi connectivity index (χ1n) is 12.2. The van der Waals surface area contributed by atoms with Gasteiger partial charge in [0.25, 0.3) is 0 Å². The molecule has 0 aliphatic carbocycles. The molecule has 1 unspecified atom stereocenters. The SMILES string of the molecule is C#C[C@]1(CO)O[C@@H](C2C=Nc3c(N)nc(F)nc3CC2)C[C@@H]1OC(=O)CCCCCCCCC. The zero-order valence-corrected chi connectivity index (χ0v) is 19.8. The van der Waals surface area contributed by atoms with E-state index >= 15 is 0 Å². The molecule has 34 heavy (non-hydrogen) atoms. The number of hydrogen-bond donors (Lipinski definition) is 2. The summed E-state index contributed by atoms with van der Waals surface area (Å²) < 4.78 is 25.3. The normalized spacial score (nSPS) is 26.0. The number of ether oxygens (including phenoxy) is 2. The average molecular weight is 475 g/mol. The first kappa shape index (κ1) is 26.0. The maximum atomic E-state index is 13.6. The summed E-state index contributed by atoms with van der Waals surface area (Å²) in [6.45, 7) is 1.71. The van der Waals surface area contributed by atoms with Crippen LogP contribution in [0.25, 0.3) is 0 Å². The highest BCUT2D eigenvalue weighted by Gasteiger charge is 2.51. The number of hydrogen-bond acceptors (Lipinski definition) is 8. The van der Waals surface area contributed by atoms with Gasteiger partial charge in [-0.05, 0) is 19.3 Å². The predicted molar refractivity (Wildman–Crippen MR) is 127 cm³/mol. The van der Waals surface area contributed by atoms with Gasteiger partial charge in [0.2, 0.25) is 0 Å². The van der Waals surface area contributed by atoms with Gasteiger partial charge < -0.3 is 20.3 Å². The number of carbonyl (C=O) groups excluding carboxylic acids is 1. The number of terminal acetylenes is 1. The third-order valence-corrected chi connectivity index (χ3v) is 6.61. The maximum absolute atomic E-state index is 13.6. The van der Waals surface area contributed by atoms with Crippen LogP contribution in [0.1, 0.15) is 76.8 Å². The van der Waals surface area contributed by atoms with E-state index in [0.717, 1.165) is 19.3 Å². The number of nitrogen functional groups attached to an aromatic ring is 1. The summed E-state index contributed by atoms with van der Waals surface area (Å²) in [5.74, 6) is 1.95. The summed E-state index contributed by atoms with van der Waals surface area (Å²) in [7, 11) is 0. The fraction of sp³-hybridized carbons (Fsp3) is 0.680. The van der Waals surface area contributed by atoms with Crippen molar-refractivity contribution in [1.82, 2.24) is 9.97 Å². The third kappa shape index (κ3) is 6.30. The van der Waals surface area contributed by atoms with E-state index < -0.39 is 30.5 Å². The Balaban J connectivity index is 1.58. The van der Waals surface area contributed by atoms with Gasteiger partial charge in [0.1, 0.15) is 11.8 Å². The number of halogens is 1. The van der Waals surface area contributed by atoms with Crippen LogP contribution in [0.2, 0.25) is 0 Å². The molecule has 1 aromatic heterocycles. The van der Waals surface area contributed by atoms with E-state index in [9.17, 15) is 14.3 Å². The van der Waals surface area contributed by atoms with E-state index in [2.05, 4.69) is 27.8 Å². The van der Waals surface area contributed by atoms with Crippen molar-refractivity contribution in [2.24, 2.45) is 10.9 Å². The topological polar surface area (TPSA) is 120 Å². The molecule has 0 bridgehead atoms. The van der Waals surface area contributed by atoms with Crippen LogP contribution in [0.4, 0.5) is 15.9 Å². The van der Waals surface area contributed by atoms with Crippen molar-refractivity contribution in [2.75, 3.05) is 12.3 Å². The van der Waals surface area contributed by atoms with E-state index in [0.29, 0.717) is 37.1 Å². The molecule has 1 aromatic rings. The minimum atomic E-state index is -1.40. The molecule has 0 radical (unpaired) electrons. The lowest BCUT2D eigenvalue weighted by Gasteiger charge is -2.27. The smallest absolute Gasteiger partial charge is 0.310 e. The highest BCUT2D eigenvalue weighted by Crippen LogP contribution is 2.39. The quantitative estimate of drug-likeness (QED) is 0.217. The second-order valence-corrected chi connectivity index (χ2v) is 9.09. The number of aromatic nitrogens is 2. The maximum Gasteiger partial charge on any atom is 0.310 e. The third-order valence-electron chi connectivity index (χ3n) is 6.61. The lowest BCUT2D eigenvalue weighted by molar-refractivity contribution is -0.158. The summed E-state index contributed by atoms with van der Waals surface area (Å²) in [6.07, 6.45) is 14.6. The summed E-state index contributed by atoms with van der Waals surface area (Å²) in [5.41, 5.74) is 5.18. The van der Waals surface area contributed by atoms with Gasteiger partial charge >= 0.3 is 12.0 Å². The molecule has 1 saturated heterocycles. The zero-order chi connectivity index (χ0) is 24.6. The van der Waals surface area contributed by atoms with Crippen LogP contribution >= 0.6 is 0 Å². The Morgan fingerprint density at radius 3 is 2.76 bits per heavy atom. The zero-order valence-electron chi connectivity index (χ0n) is 19.8. The second kappa shape index (κ2) is 12.2. The lowest BCUT2D eigenvalue weighted by Crippen LogP contribution is -2.44. The molecular weight excluding hydrogens is 439 g/mol. The van der Waals surface area contributed by atoms with Crippen molar-refractivity contribution in [3.8, 4) is 12.3 Å². The molecule has 0 spiro atoms. The standard InChI is InChI=1S/C25H35FN4O4/c1-3-5-6-7-8-9-10-11-21(32)33-20-14-19(34-25(20,4-2)16-31)17-12-13-18-22(28-15-17)23(27)30-24(26)29-18/h2,15,17,19-20,31H,3,5-14,16H2,1H3,(H2,27,29,30)/t17?,19-,20+,25-/m1/s1. The van der Waals surface area contributed by atoms with Crippen LogP contribution < -0.4 is 5.73 Å². The number of anilines is 1. The number of aliphatic imine (C=N–C) groups is 1. The molecular formula is C25H35FN4O4. The number of nitrogens with zero attached hydrogens (tertiary/aromatic N) is 3.